The first-order valence-electron chi connectivity index (χ1n) is 1.70. The van der Waals surface area contributed by atoms with Gasteiger partial charge in [0.25, 0.3) is 0 Å². The summed E-state index contributed by atoms with van der Waals surface area (Å²) in [6, 6.07) is 0. The Balaban J connectivity index is 0. The summed E-state index contributed by atoms with van der Waals surface area (Å²) in [5, 5.41) is 0. The van der Waals surface area contributed by atoms with Crippen molar-refractivity contribution < 1.29 is 0 Å². The van der Waals surface area contributed by atoms with Crippen LogP contribution in [0.25, 0.3) is 0 Å². The zero-order valence-electron chi connectivity index (χ0n) is 3.90. The van der Waals surface area contributed by atoms with E-state index in [1.807, 2.05) is 6.92 Å². The molecule has 0 spiro atoms. The highest BCUT2D eigenvalue weighted by molar-refractivity contribution is 5.85. The summed E-state index contributed by atoms with van der Waals surface area (Å²) < 4.78 is 0. The maximum atomic E-state index is 5.10. The highest BCUT2D eigenvalue weighted by Crippen LogP contribution is 1.79. The van der Waals surface area contributed by atoms with Crippen LogP contribution in [-0.2, 0) is 0 Å². The third-order valence-corrected chi connectivity index (χ3v) is 0.454. The second-order valence-corrected chi connectivity index (χ2v) is 1.01. The first-order chi connectivity index (χ1) is 2.27. The molecule has 2 heteroatoms. The van der Waals surface area contributed by atoms with E-state index < -0.39 is 0 Å². The van der Waals surface area contributed by atoms with Gasteiger partial charge in [-0.05, 0) is 6.42 Å². The van der Waals surface area contributed by atoms with Crippen molar-refractivity contribution in [2.75, 3.05) is 0 Å². The van der Waals surface area contributed by atoms with Gasteiger partial charge in [-0.25, -0.2) is 0 Å². The van der Waals surface area contributed by atoms with Gasteiger partial charge in [-0.1, -0.05) is 13.5 Å². The molecule has 0 saturated carbocycles. The van der Waals surface area contributed by atoms with Gasteiger partial charge in [0.1, 0.15) is 0 Å². The Morgan fingerprint density at radius 2 is 2.00 bits per heavy atom. The predicted octanol–water partition coefficient (Wildman–Crippen LogP) is 1.29. The molecule has 1 nitrogen and oxygen atoms in total. The lowest BCUT2D eigenvalue weighted by atomic mass is 10.4. The van der Waals surface area contributed by atoms with Crippen LogP contribution in [0.3, 0.4) is 0 Å². The number of allylic oxidation sites excluding steroid dienone is 1. The van der Waals surface area contributed by atoms with E-state index in [-0.39, 0.29) is 12.4 Å². The molecular formula is C4H10ClN. The molecule has 0 aromatic carbocycles. The van der Waals surface area contributed by atoms with Crippen molar-refractivity contribution in [3.8, 4) is 0 Å². The summed E-state index contributed by atoms with van der Waals surface area (Å²) in [7, 11) is 0. The Morgan fingerprint density at radius 1 is 1.83 bits per heavy atom. The molecule has 2 N–H and O–H groups in total. The van der Waals surface area contributed by atoms with Crippen LogP contribution < -0.4 is 5.73 Å². The van der Waals surface area contributed by atoms with Crippen LogP contribution >= 0.6 is 12.4 Å². The van der Waals surface area contributed by atoms with Crippen molar-refractivity contribution in [2.45, 2.75) is 13.3 Å². The lowest BCUT2D eigenvalue weighted by Crippen LogP contribution is -1.89. The van der Waals surface area contributed by atoms with Gasteiger partial charge in [-0.15, -0.1) is 12.4 Å². The van der Waals surface area contributed by atoms with Gasteiger partial charge in [0.2, 0.25) is 0 Å². The Bertz CT molecular complexity index is 42.8. The van der Waals surface area contributed by atoms with Crippen LogP contribution in [0.5, 0.6) is 0 Å². The van der Waals surface area contributed by atoms with Crippen molar-refractivity contribution in [3.63, 3.8) is 0 Å². The van der Waals surface area contributed by atoms with E-state index in [9.17, 15) is 0 Å². The van der Waals surface area contributed by atoms with Crippen LogP contribution in [0.4, 0.5) is 0 Å². The Labute approximate surface area is 44.6 Å². The van der Waals surface area contributed by atoms with Gasteiger partial charge in [-0.2, -0.15) is 0 Å². The molecule has 6 heavy (non-hydrogen) atoms. The molecule has 0 bridgehead atoms. The summed E-state index contributed by atoms with van der Waals surface area (Å²) in [5.74, 6) is 0. The minimum atomic E-state index is 0. The van der Waals surface area contributed by atoms with E-state index >= 15 is 0 Å². The summed E-state index contributed by atoms with van der Waals surface area (Å²) >= 11 is 0. The number of nitrogens with two attached hydrogens (primary N) is 1. The summed E-state index contributed by atoms with van der Waals surface area (Å²) in [4.78, 5) is 0. The molecule has 38 valence electrons. The van der Waals surface area contributed by atoms with E-state index in [1.165, 1.54) is 0 Å². The molecule has 0 heterocycles. The van der Waals surface area contributed by atoms with Crippen molar-refractivity contribution in [2.24, 2.45) is 5.73 Å². The normalized spacial score (nSPS) is 6.17. The van der Waals surface area contributed by atoms with Gasteiger partial charge in [-0.3, -0.25) is 0 Å². The summed E-state index contributed by atoms with van der Waals surface area (Å²) in [6.45, 7) is 5.43. The third-order valence-electron chi connectivity index (χ3n) is 0.454. The average Bonchev–Trinajstić information content (AvgIpc) is 1.38. The topological polar surface area (TPSA) is 26.0 Å². The van der Waals surface area contributed by atoms with Crippen molar-refractivity contribution in [1.29, 1.82) is 0 Å². The molecule has 0 unspecified atom stereocenters. The molecule has 0 rings (SSSR count). The van der Waals surface area contributed by atoms with Crippen LogP contribution in [0.2, 0.25) is 0 Å². The lowest BCUT2D eigenvalue weighted by Gasteiger charge is -1.81. The van der Waals surface area contributed by atoms with Crippen LogP contribution in [0.15, 0.2) is 12.3 Å². The van der Waals surface area contributed by atoms with Gasteiger partial charge in [0, 0.05) is 5.70 Å². The summed E-state index contributed by atoms with van der Waals surface area (Å²) in [5.41, 5.74) is 5.85. The van der Waals surface area contributed by atoms with E-state index in [1.54, 1.807) is 0 Å². The molecule has 0 radical (unpaired) electrons. The van der Waals surface area contributed by atoms with Crippen LogP contribution in [0.1, 0.15) is 13.3 Å². The van der Waals surface area contributed by atoms with Crippen molar-refractivity contribution >= 4 is 12.4 Å². The smallest absolute Gasteiger partial charge is 0.000466 e. The number of hydrogen-bond donors (Lipinski definition) is 1. The fraction of sp³-hybridized carbons (Fsp3) is 0.500. The molecule has 0 aliphatic heterocycles. The van der Waals surface area contributed by atoms with Gasteiger partial charge < -0.3 is 5.73 Å². The van der Waals surface area contributed by atoms with E-state index in [4.69, 9.17) is 5.73 Å². The number of rotatable bonds is 1. The maximum Gasteiger partial charge on any atom is 0.000466 e. The van der Waals surface area contributed by atoms with Crippen molar-refractivity contribution in [1.82, 2.24) is 0 Å². The minimum Gasteiger partial charge on any atom is -0.403 e. The minimum absolute atomic E-state index is 0. The first-order valence-corrected chi connectivity index (χ1v) is 1.70. The maximum absolute atomic E-state index is 5.10. The van der Waals surface area contributed by atoms with Gasteiger partial charge in [0.15, 0.2) is 0 Å². The monoisotopic (exact) mass is 107 g/mol. The van der Waals surface area contributed by atoms with Crippen LogP contribution in [0, 0.1) is 0 Å². The number of halogens is 1. The number of hydrogen-bond acceptors (Lipinski definition) is 1. The molecule has 0 saturated heterocycles. The third kappa shape index (κ3) is 9.16. The SMILES string of the molecule is C=C(N)CC.Cl. The molecule has 0 fully saturated rings. The zero-order valence-corrected chi connectivity index (χ0v) is 4.72. The first kappa shape index (κ1) is 9.27. The Morgan fingerprint density at radius 3 is 2.00 bits per heavy atom. The van der Waals surface area contributed by atoms with E-state index in [0.717, 1.165) is 12.1 Å². The second-order valence-electron chi connectivity index (χ2n) is 1.01. The Hall–Kier alpha value is -0.170. The average molecular weight is 108 g/mol. The quantitative estimate of drug-likeness (QED) is 0.537. The fourth-order valence-electron chi connectivity index (χ4n) is 0. The summed E-state index contributed by atoms with van der Waals surface area (Å²) in [6.07, 6.45) is 0.889. The predicted molar refractivity (Wildman–Crippen MR) is 30.9 cm³/mol. The second kappa shape index (κ2) is 4.83. The molecule has 0 aliphatic rings. The van der Waals surface area contributed by atoms with Gasteiger partial charge in [0.05, 0.1) is 0 Å². The zero-order chi connectivity index (χ0) is 4.28. The highest BCUT2D eigenvalue weighted by Gasteiger charge is 1.67. The van der Waals surface area contributed by atoms with Crippen molar-refractivity contribution in [3.05, 3.63) is 12.3 Å². The molecular weight excluding hydrogens is 97.5 g/mol. The van der Waals surface area contributed by atoms with Gasteiger partial charge >= 0.3 is 0 Å². The lowest BCUT2D eigenvalue weighted by molar-refractivity contribution is 1.08. The van der Waals surface area contributed by atoms with Crippen LogP contribution in [-0.4, -0.2) is 0 Å². The standard InChI is InChI=1S/C4H9N.ClH/c1-3-4(2)5;/h2-3,5H2,1H3;1H. The molecule has 0 aromatic heterocycles. The molecule has 0 aromatic rings. The largest absolute Gasteiger partial charge is 0.403 e. The Kier molecular flexibility index (Phi) is 7.46. The fourth-order valence-corrected chi connectivity index (χ4v) is 0. The molecule has 0 aliphatic carbocycles. The molecule has 0 atom stereocenters. The van der Waals surface area contributed by atoms with E-state index in [2.05, 4.69) is 6.58 Å². The highest BCUT2D eigenvalue weighted by atomic mass is 35.5. The molecule has 0 amide bonds. The van der Waals surface area contributed by atoms with E-state index in [0.29, 0.717) is 0 Å².